The average molecular weight is 352 g/mol. The Balaban J connectivity index is 1.91. The number of halogens is 1. The normalized spacial score (nSPS) is 15.2. The second-order valence-electron chi connectivity index (χ2n) is 6.16. The standard InChI is InChI=1S/C21H21FN2O2/c1-3-17-14-24(12-11-23-17)21(25)20(26-18-7-5-4-6-8-18)16-10-9-15(2)19(22)13-16/h3-10,13,20H,1,11-12,14H2,2H3. The van der Waals surface area contributed by atoms with Crippen LogP contribution in [0, 0.1) is 12.7 Å². The summed E-state index contributed by atoms with van der Waals surface area (Å²) in [5, 5.41) is 0. The van der Waals surface area contributed by atoms with Gasteiger partial charge in [0.25, 0.3) is 5.91 Å². The van der Waals surface area contributed by atoms with Crippen molar-refractivity contribution in [2.45, 2.75) is 13.0 Å². The van der Waals surface area contributed by atoms with Crippen molar-refractivity contribution >= 4 is 11.6 Å². The van der Waals surface area contributed by atoms with Crippen molar-refractivity contribution in [1.29, 1.82) is 0 Å². The van der Waals surface area contributed by atoms with E-state index in [4.69, 9.17) is 4.74 Å². The molecule has 134 valence electrons. The molecule has 1 unspecified atom stereocenters. The van der Waals surface area contributed by atoms with Gasteiger partial charge >= 0.3 is 0 Å². The van der Waals surface area contributed by atoms with Gasteiger partial charge in [-0.25, -0.2) is 4.39 Å². The fourth-order valence-electron chi connectivity index (χ4n) is 2.79. The summed E-state index contributed by atoms with van der Waals surface area (Å²) in [6.45, 7) is 6.81. The summed E-state index contributed by atoms with van der Waals surface area (Å²) < 4.78 is 20.0. The molecule has 0 radical (unpaired) electrons. The molecular formula is C21H21FN2O2. The van der Waals surface area contributed by atoms with Crippen LogP contribution >= 0.6 is 0 Å². The molecule has 0 saturated carbocycles. The Hall–Kier alpha value is -2.95. The lowest BCUT2D eigenvalue weighted by molar-refractivity contribution is -0.138. The molecule has 2 aromatic carbocycles. The molecule has 1 aliphatic rings. The molecule has 0 aromatic heterocycles. The SMILES string of the molecule is C=CC1=NCCN(C(=O)C(Oc2ccccc2)c2ccc(C)c(F)c2)C1. The molecule has 26 heavy (non-hydrogen) atoms. The van der Waals surface area contributed by atoms with Gasteiger partial charge in [0.1, 0.15) is 11.6 Å². The predicted octanol–water partition coefficient (Wildman–Crippen LogP) is 3.72. The van der Waals surface area contributed by atoms with Crippen molar-refractivity contribution in [3.8, 4) is 5.75 Å². The molecule has 0 bridgehead atoms. The predicted molar refractivity (Wildman–Crippen MR) is 100 cm³/mol. The first-order valence-electron chi connectivity index (χ1n) is 8.51. The molecule has 0 saturated heterocycles. The Morgan fingerprint density at radius 1 is 1.31 bits per heavy atom. The first kappa shape index (κ1) is 17.9. The fourth-order valence-corrected chi connectivity index (χ4v) is 2.79. The highest BCUT2D eigenvalue weighted by atomic mass is 19.1. The highest BCUT2D eigenvalue weighted by Crippen LogP contribution is 2.26. The molecule has 0 N–H and O–H groups in total. The number of hydrogen-bond acceptors (Lipinski definition) is 3. The van der Waals surface area contributed by atoms with E-state index < -0.39 is 6.10 Å². The van der Waals surface area contributed by atoms with E-state index in [2.05, 4.69) is 11.6 Å². The molecule has 4 nitrogen and oxygen atoms in total. The minimum atomic E-state index is -0.920. The van der Waals surface area contributed by atoms with Gasteiger partial charge in [-0.05, 0) is 36.8 Å². The van der Waals surface area contributed by atoms with Crippen molar-refractivity contribution < 1.29 is 13.9 Å². The van der Waals surface area contributed by atoms with Gasteiger partial charge < -0.3 is 9.64 Å². The molecule has 0 fully saturated rings. The molecule has 1 heterocycles. The monoisotopic (exact) mass is 352 g/mol. The van der Waals surface area contributed by atoms with Crippen molar-refractivity contribution in [2.24, 2.45) is 4.99 Å². The Morgan fingerprint density at radius 2 is 2.08 bits per heavy atom. The first-order chi connectivity index (χ1) is 12.6. The lowest BCUT2D eigenvalue weighted by atomic mass is 10.0. The topological polar surface area (TPSA) is 41.9 Å². The van der Waals surface area contributed by atoms with Gasteiger partial charge in [-0.2, -0.15) is 0 Å². The maximum atomic E-state index is 14.1. The number of aliphatic imine (C=N–C) groups is 1. The Bertz CT molecular complexity index is 833. The third-order valence-electron chi connectivity index (χ3n) is 4.31. The first-order valence-corrected chi connectivity index (χ1v) is 8.51. The van der Waals surface area contributed by atoms with E-state index in [9.17, 15) is 9.18 Å². The molecule has 0 spiro atoms. The van der Waals surface area contributed by atoms with Crippen LogP contribution in [0.15, 0.2) is 66.2 Å². The lowest BCUT2D eigenvalue weighted by Crippen LogP contribution is -2.44. The third-order valence-corrected chi connectivity index (χ3v) is 4.31. The Labute approximate surface area is 152 Å². The van der Waals surface area contributed by atoms with Gasteiger partial charge in [0, 0.05) is 12.1 Å². The Morgan fingerprint density at radius 3 is 2.77 bits per heavy atom. The quantitative estimate of drug-likeness (QED) is 0.823. The van der Waals surface area contributed by atoms with E-state index in [1.54, 1.807) is 42.2 Å². The number of aryl methyl sites for hydroxylation is 1. The smallest absolute Gasteiger partial charge is 0.268 e. The van der Waals surface area contributed by atoms with Gasteiger partial charge in [-0.1, -0.05) is 36.9 Å². The summed E-state index contributed by atoms with van der Waals surface area (Å²) in [6, 6.07) is 13.8. The van der Waals surface area contributed by atoms with Crippen LogP contribution in [0.1, 0.15) is 17.2 Å². The van der Waals surface area contributed by atoms with Crippen LogP contribution in [0.2, 0.25) is 0 Å². The third kappa shape index (κ3) is 3.99. The second-order valence-corrected chi connectivity index (χ2v) is 6.16. The van der Waals surface area contributed by atoms with E-state index in [1.807, 2.05) is 18.2 Å². The number of ether oxygens (including phenoxy) is 1. The van der Waals surface area contributed by atoms with Gasteiger partial charge in [-0.15, -0.1) is 0 Å². The van der Waals surface area contributed by atoms with Gasteiger partial charge in [0.15, 0.2) is 0 Å². The van der Waals surface area contributed by atoms with E-state index in [-0.39, 0.29) is 11.7 Å². The largest absolute Gasteiger partial charge is 0.476 e. The zero-order valence-electron chi connectivity index (χ0n) is 14.7. The van der Waals surface area contributed by atoms with Crippen molar-refractivity contribution in [3.63, 3.8) is 0 Å². The number of rotatable bonds is 5. The van der Waals surface area contributed by atoms with E-state index in [0.29, 0.717) is 36.5 Å². The minimum Gasteiger partial charge on any atom is -0.476 e. The van der Waals surface area contributed by atoms with Gasteiger partial charge in [0.05, 0.1) is 18.8 Å². The Kier molecular flexibility index (Phi) is 5.46. The number of amides is 1. The molecule has 1 amide bonds. The summed E-state index contributed by atoms with van der Waals surface area (Å²) in [4.78, 5) is 19.2. The van der Waals surface area contributed by atoms with E-state index in [0.717, 1.165) is 5.71 Å². The zero-order valence-corrected chi connectivity index (χ0v) is 14.7. The summed E-state index contributed by atoms with van der Waals surface area (Å²) in [7, 11) is 0. The van der Waals surface area contributed by atoms with Crippen LogP contribution in [-0.4, -0.2) is 36.2 Å². The summed E-state index contributed by atoms with van der Waals surface area (Å²) in [5.41, 5.74) is 1.78. The lowest BCUT2D eigenvalue weighted by Gasteiger charge is -2.30. The van der Waals surface area contributed by atoms with Crippen LogP contribution in [-0.2, 0) is 4.79 Å². The number of hydrogen-bond donors (Lipinski definition) is 0. The molecule has 5 heteroatoms. The average Bonchev–Trinajstić information content (AvgIpc) is 2.68. The van der Waals surface area contributed by atoms with Crippen LogP contribution in [0.4, 0.5) is 4.39 Å². The maximum absolute atomic E-state index is 14.1. The molecular weight excluding hydrogens is 331 g/mol. The molecule has 0 aliphatic carbocycles. The molecule has 1 atom stereocenters. The fraction of sp³-hybridized carbons (Fsp3) is 0.238. The van der Waals surface area contributed by atoms with Crippen LogP contribution in [0.5, 0.6) is 5.75 Å². The number of nitrogens with zero attached hydrogens (tertiary/aromatic N) is 2. The van der Waals surface area contributed by atoms with Gasteiger partial charge in [0.2, 0.25) is 6.10 Å². The molecule has 3 rings (SSSR count). The molecule has 2 aromatic rings. The minimum absolute atomic E-state index is 0.216. The van der Waals surface area contributed by atoms with Crippen molar-refractivity contribution in [3.05, 3.63) is 78.1 Å². The van der Waals surface area contributed by atoms with Crippen LogP contribution in [0.25, 0.3) is 0 Å². The summed E-state index contributed by atoms with van der Waals surface area (Å²) >= 11 is 0. The van der Waals surface area contributed by atoms with Crippen LogP contribution < -0.4 is 4.74 Å². The maximum Gasteiger partial charge on any atom is 0.268 e. The number of carbonyl (C=O) groups is 1. The van der Waals surface area contributed by atoms with Gasteiger partial charge in [-0.3, -0.25) is 9.79 Å². The zero-order chi connectivity index (χ0) is 18.5. The number of para-hydroxylation sites is 1. The van der Waals surface area contributed by atoms with Crippen molar-refractivity contribution in [2.75, 3.05) is 19.6 Å². The van der Waals surface area contributed by atoms with E-state index >= 15 is 0 Å². The summed E-state index contributed by atoms with van der Waals surface area (Å²) in [6.07, 6.45) is 0.731. The number of carbonyl (C=O) groups excluding carboxylic acids is 1. The number of benzene rings is 2. The van der Waals surface area contributed by atoms with E-state index in [1.165, 1.54) is 6.07 Å². The highest BCUT2D eigenvalue weighted by molar-refractivity contribution is 5.99. The van der Waals surface area contributed by atoms with Crippen LogP contribution in [0.3, 0.4) is 0 Å². The second kappa shape index (κ2) is 7.95. The highest BCUT2D eigenvalue weighted by Gasteiger charge is 2.30. The van der Waals surface area contributed by atoms with Crippen molar-refractivity contribution in [1.82, 2.24) is 4.90 Å². The summed E-state index contributed by atoms with van der Waals surface area (Å²) in [5.74, 6) is -0.0169. The molecule has 1 aliphatic heterocycles.